The molecule has 5 aromatic rings. The van der Waals surface area contributed by atoms with Crippen molar-refractivity contribution in [3.05, 3.63) is 99.0 Å². The quantitative estimate of drug-likeness (QED) is 0.135. The average molecular weight is 671 g/mol. The number of fused-ring (bicyclic) bond motifs is 3. The van der Waals surface area contributed by atoms with E-state index in [1.165, 1.54) is 25.4 Å². The van der Waals surface area contributed by atoms with Crippen LogP contribution in [0.2, 0.25) is 0 Å². The maximum absolute atomic E-state index is 7.05. The highest BCUT2D eigenvalue weighted by Crippen LogP contribution is 2.62. The van der Waals surface area contributed by atoms with Crippen molar-refractivity contribution >= 4 is 78.6 Å². The van der Waals surface area contributed by atoms with Crippen molar-refractivity contribution < 1.29 is 4.52 Å². The molecule has 0 aliphatic rings. The molecule has 0 saturated heterocycles. The fourth-order valence-corrected chi connectivity index (χ4v) is 8.39. The van der Waals surface area contributed by atoms with E-state index in [1.807, 2.05) is 24.3 Å². The van der Waals surface area contributed by atoms with E-state index in [4.69, 9.17) is 9.27 Å². The number of rotatable bonds is 5. The molecule has 0 spiro atoms. The summed E-state index contributed by atoms with van der Waals surface area (Å²) in [6.07, 6.45) is 0. The molecule has 0 aliphatic heterocycles. The predicted molar refractivity (Wildman–Crippen MR) is 167 cm³/mol. The van der Waals surface area contributed by atoms with E-state index in [9.17, 15) is 0 Å². The van der Waals surface area contributed by atoms with Crippen LogP contribution in [0.25, 0.3) is 21.8 Å². The zero-order valence-electron chi connectivity index (χ0n) is 20.9. The summed E-state index contributed by atoms with van der Waals surface area (Å²) in [7, 11) is -2.59. The Kier molecular flexibility index (Phi) is 7.10. The van der Waals surface area contributed by atoms with Crippen LogP contribution >= 0.6 is 45.8 Å². The maximum atomic E-state index is 7.05. The van der Waals surface area contributed by atoms with Gasteiger partial charge in [-0.1, -0.05) is 54.9 Å². The van der Waals surface area contributed by atoms with Gasteiger partial charge in [0, 0.05) is 46.9 Å². The first-order valence-corrected chi connectivity index (χ1v) is 15.6. The lowest BCUT2D eigenvalue weighted by molar-refractivity contribution is 0.571. The number of hydrogen-bond donors (Lipinski definition) is 0. The van der Waals surface area contributed by atoms with Gasteiger partial charge < -0.3 is 9.09 Å². The van der Waals surface area contributed by atoms with Crippen LogP contribution in [-0.2, 0) is 6.54 Å². The highest BCUT2D eigenvalue weighted by atomic mass is 127. The topological polar surface area (TPSA) is 26.5 Å². The van der Waals surface area contributed by atoms with E-state index in [-0.39, 0.29) is 5.16 Å². The summed E-state index contributed by atoms with van der Waals surface area (Å²) < 4.78 is 17.1. The number of para-hydroxylation sites is 1. The minimum absolute atomic E-state index is 0.250. The Morgan fingerprint density at radius 2 is 1.53 bits per heavy atom. The molecule has 0 fully saturated rings. The number of aromatic nitrogens is 1. The number of halogens is 2. The van der Waals surface area contributed by atoms with Crippen molar-refractivity contribution in [3.8, 4) is 5.75 Å². The third kappa shape index (κ3) is 4.66. The van der Waals surface area contributed by atoms with Gasteiger partial charge in [0.2, 0.25) is 0 Å². The maximum Gasteiger partial charge on any atom is 0.173 e. The highest BCUT2D eigenvalue weighted by molar-refractivity contribution is 14.1. The molecule has 1 aromatic heterocycles. The summed E-state index contributed by atoms with van der Waals surface area (Å²) in [5, 5.41) is 3.40. The molecular weight excluding hydrogens is 642 g/mol. The zero-order valence-corrected chi connectivity index (χ0v) is 25.5. The second-order valence-electron chi connectivity index (χ2n) is 9.83. The molecule has 0 N–H and O–H groups in total. The molecule has 4 aromatic carbocycles. The van der Waals surface area contributed by atoms with Crippen LogP contribution in [0.5, 0.6) is 5.75 Å². The van der Waals surface area contributed by atoms with Crippen molar-refractivity contribution in [2.75, 3.05) is 0 Å². The van der Waals surface area contributed by atoms with Crippen molar-refractivity contribution in [1.29, 1.82) is 0 Å². The zero-order chi connectivity index (χ0) is 25.5. The Hall–Kier alpha value is -2.08. The number of hydrogen-bond acceptors (Lipinski definition) is 2. The fraction of sp³-hybridized carbons (Fsp3) is 0.200. The lowest BCUT2D eigenvalue weighted by Crippen LogP contribution is -2.27. The number of aryl methyl sites for hydroxylation is 1. The van der Waals surface area contributed by atoms with E-state index in [0.29, 0.717) is 0 Å². The van der Waals surface area contributed by atoms with Crippen LogP contribution in [0.15, 0.2) is 100 Å². The van der Waals surface area contributed by atoms with Crippen molar-refractivity contribution in [3.63, 3.8) is 0 Å². The smallest absolute Gasteiger partial charge is 0.173 e. The summed E-state index contributed by atoms with van der Waals surface area (Å²) in [5.74, 6) is 0.826. The van der Waals surface area contributed by atoms with Crippen molar-refractivity contribution in [2.45, 2.75) is 39.4 Å². The van der Waals surface area contributed by atoms with E-state index in [0.717, 1.165) is 27.8 Å². The summed E-state index contributed by atoms with van der Waals surface area (Å²) in [5.41, 5.74) is 3.44. The van der Waals surface area contributed by atoms with Gasteiger partial charge in [-0.25, -0.2) is 4.74 Å². The monoisotopic (exact) mass is 670 g/mol. The average Bonchev–Trinajstić information content (AvgIpc) is 3.18. The molecule has 5 rings (SSSR count). The van der Waals surface area contributed by atoms with Gasteiger partial charge in [0.15, 0.2) is 7.28 Å². The minimum atomic E-state index is -2.59. The summed E-state index contributed by atoms with van der Waals surface area (Å²) in [4.78, 5) is 0. The number of nitrogens with zero attached hydrogens (tertiary/aromatic N) is 2. The van der Waals surface area contributed by atoms with Crippen LogP contribution in [0, 0.1) is 3.57 Å². The Bertz CT molecular complexity index is 1600. The first kappa shape index (κ1) is 25.6. The third-order valence-corrected chi connectivity index (χ3v) is 11.5. The molecule has 3 nitrogen and oxygen atoms in total. The minimum Gasteiger partial charge on any atom is -0.455 e. The highest BCUT2D eigenvalue weighted by Gasteiger charge is 2.39. The van der Waals surface area contributed by atoms with Gasteiger partial charge >= 0.3 is 0 Å². The van der Waals surface area contributed by atoms with E-state index in [2.05, 4.69) is 138 Å². The van der Waals surface area contributed by atoms with Crippen molar-refractivity contribution in [2.24, 2.45) is 4.74 Å². The SMILES string of the molecule is CCn1c2ccccc2c2cc([P@@](=Nc3ccc(I)cc3)(Oc3ccc(Br)cc3)C(C)(C)C)ccc21. The third-order valence-electron chi connectivity index (χ3n) is 6.47. The summed E-state index contributed by atoms with van der Waals surface area (Å²) >= 11 is 5.89. The molecule has 0 bridgehead atoms. The molecule has 6 heteroatoms. The summed E-state index contributed by atoms with van der Waals surface area (Å²) in [6, 6.07) is 32.0. The Morgan fingerprint density at radius 1 is 0.861 bits per heavy atom. The molecule has 36 heavy (non-hydrogen) atoms. The normalized spacial score (nSPS) is 13.6. The van der Waals surface area contributed by atoms with E-state index >= 15 is 0 Å². The van der Waals surface area contributed by atoms with Gasteiger partial charge in [0.25, 0.3) is 0 Å². The lowest BCUT2D eigenvalue weighted by Gasteiger charge is -2.37. The molecule has 1 atom stereocenters. The Morgan fingerprint density at radius 3 is 2.19 bits per heavy atom. The second-order valence-corrected chi connectivity index (χ2v) is 15.4. The molecule has 0 amide bonds. The van der Waals surface area contributed by atoms with E-state index in [1.54, 1.807) is 0 Å². The molecule has 1 heterocycles. The van der Waals surface area contributed by atoms with Crippen molar-refractivity contribution in [1.82, 2.24) is 4.57 Å². The predicted octanol–water partition coefficient (Wildman–Crippen LogP) is 10.1. The second kappa shape index (κ2) is 10.00. The van der Waals surface area contributed by atoms with Gasteiger partial charge in [0.05, 0.1) is 5.69 Å². The summed E-state index contributed by atoms with van der Waals surface area (Å²) in [6.45, 7) is 9.86. The lowest BCUT2D eigenvalue weighted by atomic mass is 10.1. The molecule has 184 valence electrons. The van der Waals surface area contributed by atoms with Gasteiger partial charge in [-0.2, -0.15) is 0 Å². The van der Waals surface area contributed by atoms with Crippen LogP contribution in [0.3, 0.4) is 0 Å². The standard InChI is InChI=1S/C30H29BrIN2OP/c1-5-34-28-9-7-6-8-26(28)27-20-25(18-19-29(27)34)36(30(2,3)4,33-23-14-12-22(32)13-15-23)35-24-16-10-21(31)11-17-24/h6-20H,5H2,1-4H3/t36-/m1/s1. The van der Waals surface area contributed by atoms with Crippen LogP contribution in [0.4, 0.5) is 5.69 Å². The first-order chi connectivity index (χ1) is 17.2. The van der Waals surface area contributed by atoms with Gasteiger partial charge in [-0.15, -0.1) is 0 Å². The molecule has 0 unspecified atom stereocenters. The van der Waals surface area contributed by atoms with E-state index < -0.39 is 7.28 Å². The molecule has 0 saturated carbocycles. The van der Waals surface area contributed by atoms with Crippen LogP contribution in [-0.4, -0.2) is 9.72 Å². The molecular formula is C30H29BrIN2OP. The molecule has 0 radical (unpaired) electrons. The number of benzene rings is 4. The first-order valence-electron chi connectivity index (χ1n) is 12.1. The molecule has 0 aliphatic carbocycles. The van der Waals surface area contributed by atoms with Crippen LogP contribution in [0.1, 0.15) is 27.7 Å². The Balaban J connectivity index is 1.83. The van der Waals surface area contributed by atoms with Gasteiger partial charge in [-0.3, -0.25) is 0 Å². The Labute approximate surface area is 235 Å². The van der Waals surface area contributed by atoms with Crippen LogP contribution < -0.4 is 9.83 Å². The fourth-order valence-electron chi connectivity index (χ4n) is 4.69. The van der Waals surface area contributed by atoms with Gasteiger partial charge in [-0.05, 0) is 102 Å². The largest absolute Gasteiger partial charge is 0.455 e. The van der Waals surface area contributed by atoms with Gasteiger partial charge in [0.1, 0.15) is 5.75 Å².